The van der Waals surface area contributed by atoms with E-state index in [0.29, 0.717) is 23.1 Å². The largest absolute Gasteiger partial charge is 0.491 e. The molecule has 0 N–H and O–H groups in total. The molecule has 1 atom stereocenters. The summed E-state index contributed by atoms with van der Waals surface area (Å²) in [6.45, 7) is 5.33. The van der Waals surface area contributed by atoms with Gasteiger partial charge in [0.1, 0.15) is 5.75 Å². The molecule has 0 aromatic heterocycles. The molecule has 1 heterocycles. The maximum atomic E-state index is 12.5. The van der Waals surface area contributed by atoms with Gasteiger partial charge in [0, 0.05) is 23.9 Å². The van der Waals surface area contributed by atoms with E-state index in [-0.39, 0.29) is 18.0 Å². The van der Waals surface area contributed by atoms with Gasteiger partial charge in [-0.15, -0.1) is 11.8 Å². The van der Waals surface area contributed by atoms with Gasteiger partial charge in [0.25, 0.3) is 5.91 Å². The van der Waals surface area contributed by atoms with E-state index in [1.165, 1.54) is 7.11 Å². The second-order valence-corrected chi connectivity index (χ2v) is 7.03. The van der Waals surface area contributed by atoms with Crippen LogP contribution in [0.1, 0.15) is 30.6 Å². The molecule has 1 aliphatic rings. The van der Waals surface area contributed by atoms with E-state index in [0.717, 1.165) is 18.7 Å². The molecule has 6 heteroatoms. The molecule has 5 nitrogen and oxygen atoms in total. The fourth-order valence-electron chi connectivity index (χ4n) is 2.42. The van der Waals surface area contributed by atoms with Crippen LogP contribution in [0.5, 0.6) is 5.75 Å². The van der Waals surface area contributed by atoms with Gasteiger partial charge in [-0.25, -0.2) is 0 Å². The summed E-state index contributed by atoms with van der Waals surface area (Å²) in [5.41, 5.74) is 0.666. The van der Waals surface area contributed by atoms with Crippen LogP contribution in [0.3, 0.4) is 0 Å². The molecule has 1 aromatic carbocycles. The van der Waals surface area contributed by atoms with Crippen LogP contribution in [0.15, 0.2) is 24.3 Å². The van der Waals surface area contributed by atoms with Gasteiger partial charge in [0.2, 0.25) is 0 Å². The summed E-state index contributed by atoms with van der Waals surface area (Å²) in [6.07, 6.45) is 1.02. The maximum Gasteiger partial charge on any atom is 0.315 e. The van der Waals surface area contributed by atoms with Crippen LogP contribution in [-0.4, -0.2) is 54.1 Å². The molecule has 126 valence electrons. The first-order valence-corrected chi connectivity index (χ1v) is 8.79. The number of benzene rings is 1. The summed E-state index contributed by atoms with van der Waals surface area (Å²) in [4.78, 5) is 25.5. The SMILES string of the molecule is COC(=O)CS[C@H]1CCN(C(=O)c2ccc(OC(C)C)cc2)C1. The minimum atomic E-state index is -0.222. The van der Waals surface area contributed by atoms with E-state index in [9.17, 15) is 9.59 Å². The third-order valence-corrected chi connectivity index (χ3v) is 4.83. The van der Waals surface area contributed by atoms with Crippen molar-refractivity contribution in [1.82, 2.24) is 4.90 Å². The lowest BCUT2D eigenvalue weighted by Crippen LogP contribution is -2.29. The lowest BCUT2D eigenvalue weighted by Gasteiger charge is -2.17. The molecule has 0 bridgehead atoms. The van der Waals surface area contributed by atoms with Crippen molar-refractivity contribution in [2.75, 3.05) is 26.0 Å². The fourth-order valence-corrected chi connectivity index (χ4v) is 3.47. The molecule has 1 amide bonds. The average molecular weight is 337 g/mol. The first kappa shape index (κ1) is 17.7. The minimum Gasteiger partial charge on any atom is -0.491 e. The summed E-state index contributed by atoms with van der Waals surface area (Å²) in [6, 6.07) is 7.25. The monoisotopic (exact) mass is 337 g/mol. The van der Waals surface area contributed by atoms with Gasteiger partial charge in [-0.2, -0.15) is 0 Å². The van der Waals surface area contributed by atoms with Crippen molar-refractivity contribution < 1.29 is 19.1 Å². The molecule has 23 heavy (non-hydrogen) atoms. The highest BCUT2D eigenvalue weighted by molar-refractivity contribution is 8.00. The first-order valence-electron chi connectivity index (χ1n) is 7.74. The number of hydrogen-bond acceptors (Lipinski definition) is 5. The number of carbonyl (C=O) groups excluding carboxylic acids is 2. The van der Waals surface area contributed by atoms with E-state index in [1.807, 2.05) is 30.9 Å². The number of ether oxygens (including phenoxy) is 2. The highest BCUT2D eigenvalue weighted by atomic mass is 32.2. The Kier molecular flexibility index (Phi) is 6.33. The first-order chi connectivity index (χ1) is 11.0. The van der Waals surface area contributed by atoms with Crippen LogP contribution >= 0.6 is 11.8 Å². The highest BCUT2D eigenvalue weighted by Crippen LogP contribution is 2.24. The summed E-state index contributed by atoms with van der Waals surface area (Å²) in [7, 11) is 1.39. The number of hydrogen-bond donors (Lipinski definition) is 0. The number of methoxy groups -OCH3 is 1. The number of rotatable bonds is 6. The zero-order valence-electron chi connectivity index (χ0n) is 13.8. The number of likely N-dealkylation sites (tertiary alicyclic amines) is 1. The van der Waals surface area contributed by atoms with Crippen molar-refractivity contribution in [3.05, 3.63) is 29.8 Å². The van der Waals surface area contributed by atoms with Crippen molar-refractivity contribution in [2.24, 2.45) is 0 Å². The quantitative estimate of drug-likeness (QED) is 0.747. The van der Waals surface area contributed by atoms with Gasteiger partial charge in [-0.1, -0.05) is 0 Å². The van der Waals surface area contributed by atoms with Crippen LogP contribution < -0.4 is 4.74 Å². The molecule has 1 fully saturated rings. The second kappa shape index (κ2) is 8.24. The fraction of sp³-hybridized carbons (Fsp3) is 0.529. The molecular weight excluding hydrogens is 314 g/mol. The Balaban J connectivity index is 1.87. The molecule has 1 aliphatic heterocycles. The van der Waals surface area contributed by atoms with E-state index in [2.05, 4.69) is 4.74 Å². The van der Waals surface area contributed by atoms with Crippen LogP contribution in [-0.2, 0) is 9.53 Å². The van der Waals surface area contributed by atoms with Gasteiger partial charge < -0.3 is 14.4 Å². The van der Waals surface area contributed by atoms with Crippen molar-refractivity contribution >= 4 is 23.6 Å². The second-order valence-electron chi connectivity index (χ2n) is 5.74. The Morgan fingerprint density at radius 1 is 1.30 bits per heavy atom. The van der Waals surface area contributed by atoms with E-state index in [4.69, 9.17) is 4.74 Å². The molecule has 0 aliphatic carbocycles. The smallest absolute Gasteiger partial charge is 0.315 e. The van der Waals surface area contributed by atoms with Crippen molar-refractivity contribution in [2.45, 2.75) is 31.6 Å². The molecule has 0 unspecified atom stereocenters. The summed E-state index contributed by atoms with van der Waals surface area (Å²) >= 11 is 1.55. The number of amides is 1. The molecule has 2 rings (SSSR count). The number of carbonyl (C=O) groups is 2. The molecule has 1 aromatic rings. The van der Waals surface area contributed by atoms with Gasteiger partial charge in [0.15, 0.2) is 0 Å². The van der Waals surface area contributed by atoms with E-state index < -0.39 is 0 Å². The van der Waals surface area contributed by atoms with Crippen LogP contribution in [0, 0.1) is 0 Å². The van der Waals surface area contributed by atoms with Crippen molar-refractivity contribution in [3.63, 3.8) is 0 Å². The average Bonchev–Trinajstić information content (AvgIpc) is 3.01. The molecule has 0 radical (unpaired) electrons. The Hall–Kier alpha value is -1.69. The van der Waals surface area contributed by atoms with E-state index in [1.54, 1.807) is 23.9 Å². The number of esters is 1. The lowest BCUT2D eigenvalue weighted by molar-refractivity contribution is -0.137. The van der Waals surface area contributed by atoms with Crippen molar-refractivity contribution in [3.8, 4) is 5.75 Å². The van der Waals surface area contributed by atoms with Gasteiger partial charge in [-0.3, -0.25) is 9.59 Å². The van der Waals surface area contributed by atoms with Gasteiger partial charge >= 0.3 is 5.97 Å². The summed E-state index contributed by atoms with van der Waals surface area (Å²) in [5, 5.41) is 0.293. The number of nitrogens with zero attached hydrogens (tertiary/aromatic N) is 1. The zero-order chi connectivity index (χ0) is 16.8. The molecule has 0 saturated carbocycles. The zero-order valence-corrected chi connectivity index (χ0v) is 14.6. The Labute approximate surface area is 141 Å². The third-order valence-electron chi connectivity index (χ3n) is 3.57. The predicted molar refractivity (Wildman–Crippen MR) is 91.0 cm³/mol. The van der Waals surface area contributed by atoms with Gasteiger partial charge in [0.05, 0.1) is 19.0 Å². The molecule has 1 saturated heterocycles. The standard InChI is InChI=1S/C17H23NO4S/c1-12(2)22-14-6-4-13(5-7-14)17(20)18-9-8-15(10-18)23-11-16(19)21-3/h4-7,12,15H,8-11H2,1-3H3/t15-/m0/s1. The maximum absolute atomic E-state index is 12.5. The Bertz CT molecular complexity index is 544. The normalized spacial score (nSPS) is 17.4. The highest BCUT2D eigenvalue weighted by Gasteiger charge is 2.27. The summed E-state index contributed by atoms with van der Waals surface area (Å²) < 4.78 is 10.2. The molecule has 0 spiro atoms. The minimum absolute atomic E-state index is 0.0299. The Morgan fingerprint density at radius 2 is 2.00 bits per heavy atom. The van der Waals surface area contributed by atoms with Gasteiger partial charge in [-0.05, 0) is 44.5 Å². The van der Waals surface area contributed by atoms with Crippen molar-refractivity contribution in [1.29, 1.82) is 0 Å². The van der Waals surface area contributed by atoms with Crippen LogP contribution in [0.4, 0.5) is 0 Å². The number of thioether (sulfide) groups is 1. The van der Waals surface area contributed by atoms with E-state index >= 15 is 0 Å². The predicted octanol–water partition coefficient (Wildman–Crippen LogP) is 2.59. The molecular formula is C17H23NO4S. The van der Waals surface area contributed by atoms with Crippen LogP contribution in [0.2, 0.25) is 0 Å². The summed E-state index contributed by atoms with van der Waals surface area (Å²) in [5.74, 6) is 0.914. The lowest BCUT2D eigenvalue weighted by atomic mass is 10.2. The topological polar surface area (TPSA) is 55.8 Å². The van der Waals surface area contributed by atoms with Crippen LogP contribution in [0.25, 0.3) is 0 Å². The Morgan fingerprint density at radius 3 is 2.61 bits per heavy atom. The third kappa shape index (κ3) is 5.16.